The molecule has 1 rings (SSSR count). The third-order valence-corrected chi connectivity index (χ3v) is 1.50. The number of phenols is 1. The molecule has 0 aromatic heterocycles. The van der Waals surface area contributed by atoms with Crippen LogP contribution in [-0.4, -0.2) is 18.5 Å². The Hall–Kier alpha value is -1.36. The molecule has 0 heterocycles. The van der Waals surface area contributed by atoms with Crippen LogP contribution >= 0.6 is 0 Å². The highest BCUT2D eigenvalue weighted by Crippen LogP contribution is 2.25. The molecule has 0 radical (unpaired) electrons. The minimum absolute atomic E-state index is 0.155. The molecular formula is C9H10F2O3. The van der Waals surface area contributed by atoms with E-state index in [1.807, 2.05) is 0 Å². The highest BCUT2D eigenvalue weighted by atomic mass is 19.1. The van der Waals surface area contributed by atoms with Crippen LogP contribution < -0.4 is 4.74 Å². The fourth-order valence-corrected chi connectivity index (χ4v) is 0.817. The highest BCUT2D eigenvalue weighted by Gasteiger charge is 2.09. The summed E-state index contributed by atoms with van der Waals surface area (Å²) in [5.41, 5.74) is 0. The monoisotopic (exact) mass is 204 g/mol. The number of hydrogen-bond donors (Lipinski definition) is 1. The molecule has 0 aliphatic heterocycles. The van der Waals surface area contributed by atoms with E-state index >= 15 is 0 Å². The molecule has 3 nitrogen and oxygen atoms in total. The summed E-state index contributed by atoms with van der Waals surface area (Å²) in [4.78, 5) is 0. The smallest absolute Gasteiger partial charge is 0.189 e. The number of benzene rings is 1. The predicted molar refractivity (Wildman–Crippen MR) is 45.1 cm³/mol. The molecular weight excluding hydrogens is 194 g/mol. The van der Waals surface area contributed by atoms with Gasteiger partial charge in [-0.15, -0.1) is 0 Å². The minimum Gasteiger partial charge on any atom is -0.505 e. The maximum Gasteiger partial charge on any atom is 0.189 e. The lowest BCUT2D eigenvalue weighted by Crippen LogP contribution is -2.03. The van der Waals surface area contributed by atoms with Gasteiger partial charge < -0.3 is 14.6 Å². The summed E-state index contributed by atoms with van der Waals surface area (Å²) >= 11 is 0. The van der Waals surface area contributed by atoms with Crippen molar-refractivity contribution in [2.75, 3.05) is 13.4 Å². The van der Waals surface area contributed by atoms with Crippen LogP contribution in [0, 0.1) is 11.6 Å². The van der Waals surface area contributed by atoms with Crippen molar-refractivity contribution in [1.82, 2.24) is 0 Å². The van der Waals surface area contributed by atoms with Crippen molar-refractivity contribution < 1.29 is 23.4 Å². The minimum atomic E-state index is -0.933. The Morgan fingerprint density at radius 3 is 2.64 bits per heavy atom. The Morgan fingerprint density at radius 1 is 1.29 bits per heavy atom. The molecule has 1 aromatic rings. The lowest BCUT2D eigenvalue weighted by molar-refractivity contribution is 0.0198. The van der Waals surface area contributed by atoms with Crippen LogP contribution in [0.1, 0.15) is 6.92 Å². The topological polar surface area (TPSA) is 38.7 Å². The zero-order valence-corrected chi connectivity index (χ0v) is 7.59. The zero-order chi connectivity index (χ0) is 10.6. The first-order valence-corrected chi connectivity index (χ1v) is 4.03. The number of phenolic OH excluding ortho intramolecular Hbond substituents is 1. The number of rotatable bonds is 4. The lowest BCUT2D eigenvalue weighted by Gasteiger charge is -2.07. The molecule has 14 heavy (non-hydrogen) atoms. The van der Waals surface area contributed by atoms with Crippen LogP contribution in [0.5, 0.6) is 11.5 Å². The largest absolute Gasteiger partial charge is 0.505 e. The molecule has 0 aliphatic rings. The van der Waals surface area contributed by atoms with Crippen molar-refractivity contribution >= 4 is 0 Å². The molecule has 0 fully saturated rings. The van der Waals surface area contributed by atoms with Crippen molar-refractivity contribution in [2.45, 2.75) is 6.92 Å². The quantitative estimate of drug-likeness (QED) is 0.602. The lowest BCUT2D eigenvalue weighted by atomic mass is 10.3. The van der Waals surface area contributed by atoms with Crippen LogP contribution in [0.3, 0.4) is 0 Å². The van der Waals surface area contributed by atoms with E-state index < -0.39 is 17.4 Å². The van der Waals surface area contributed by atoms with Gasteiger partial charge in [-0.25, -0.2) is 8.78 Å². The van der Waals surface area contributed by atoms with Crippen molar-refractivity contribution in [3.05, 3.63) is 23.8 Å². The normalized spacial score (nSPS) is 10.2. The second-order valence-electron chi connectivity index (χ2n) is 2.49. The van der Waals surface area contributed by atoms with Gasteiger partial charge in [0.05, 0.1) is 0 Å². The van der Waals surface area contributed by atoms with Crippen LogP contribution in [0.15, 0.2) is 12.1 Å². The number of aromatic hydroxyl groups is 1. The van der Waals surface area contributed by atoms with Gasteiger partial charge in [-0.05, 0) is 6.92 Å². The molecule has 5 heteroatoms. The van der Waals surface area contributed by atoms with E-state index in [4.69, 9.17) is 14.6 Å². The summed E-state index contributed by atoms with van der Waals surface area (Å²) in [7, 11) is 0. The van der Waals surface area contributed by atoms with E-state index in [0.29, 0.717) is 12.7 Å². The van der Waals surface area contributed by atoms with Crippen molar-refractivity contribution in [3.63, 3.8) is 0 Å². The van der Waals surface area contributed by atoms with Gasteiger partial charge in [0.25, 0.3) is 0 Å². The number of halogens is 2. The van der Waals surface area contributed by atoms with E-state index in [1.165, 1.54) is 0 Å². The molecule has 78 valence electrons. The first kappa shape index (κ1) is 10.7. The molecule has 0 unspecified atom stereocenters. The summed E-state index contributed by atoms with van der Waals surface area (Å²) in [6, 6.07) is 1.42. The van der Waals surface area contributed by atoms with Gasteiger partial charge in [0, 0.05) is 18.7 Å². The van der Waals surface area contributed by atoms with Gasteiger partial charge in [-0.1, -0.05) is 0 Å². The molecule has 0 saturated carbocycles. The Balaban J connectivity index is 2.72. The van der Waals surface area contributed by atoms with Crippen LogP contribution in [-0.2, 0) is 4.74 Å². The summed E-state index contributed by atoms with van der Waals surface area (Å²) in [6.45, 7) is 2.01. The van der Waals surface area contributed by atoms with Crippen molar-refractivity contribution in [1.29, 1.82) is 0 Å². The van der Waals surface area contributed by atoms with Gasteiger partial charge >= 0.3 is 0 Å². The fourth-order valence-electron chi connectivity index (χ4n) is 0.817. The molecule has 0 saturated heterocycles. The fraction of sp³-hybridized carbons (Fsp3) is 0.333. The Morgan fingerprint density at radius 2 is 2.00 bits per heavy atom. The molecule has 0 spiro atoms. The van der Waals surface area contributed by atoms with Crippen LogP contribution in [0.25, 0.3) is 0 Å². The van der Waals surface area contributed by atoms with Crippen LogP contribution in [0.2, 0.25) is 0 Å². The summed E-state index contributed by atoms with van der Waals surface area (Å²) in [6.07, 6.45) is 0. The molecule has 1 aromatic carbocycles. The van der Waals surface area contributed by atoms with Gasteiger partial charge in [0.15, 0.2) is 29.9 Å². The first-order chi connectivity index (χ1) is 6.65. The second kappa shape index (κ2) is 4.76. The van der Waals surface area contributed by atoms with E-state index in [2.05, 4.69) is 0 Å². The molecule has 0 amide bonds. The number of hydrogen-bond acceptors (Lipinski definition) is 3. The summed E-state index contributed by atoms with van der Waals surface area (Å²) in [5, 5.41) is 8.79. The Bertz CT molecular complexity index is 315. The molecule has 0 bridgehead atoms. The van der Waals surface area contributed by atoms with E-state index in [1.54, 1.807) is 6.92 Å². The summed E-state index contributed by atoms with van der Waals surface area (Å²) in [5.74, 6) is -2.79. The van der Waals surface area contributed by atoms with E-state index in [-0.39, 0.29) is 12.5 Å². The third-order valence-electron chi connectivity index (χ3n) is 1.50. The third kappa shape index (κ3) is 2.56. The van der Waals surface area contributed by atoms with E-state index in [9.17, 15) is 8.78 Å². The highest BCUT2D eigenvalue weighted by molar-refractivity contribution is 5.33. The van der Waals surface area contributed by atoms with Crippen molar-refractivity contribution in [3.8, 4) is 11.5 Å². The first-order valence-electron chi connectivity index (χ1n) is 4.03. The Labute approximate surface area is 79.9 Å². The standard InChI is InChI=1S/C9H10F2O3/c1-2-13-5-14-9-4-6(10)8(12)3-7(9)11/h3-4,12H,2,5H2,1H3. The SMILES string of the molecule is CCOCOc1cc(F)c(O)cc1F. The molecule has 0 aliphatic carbocycles. The van der Waals surface area contributed by atoms with Crippen LogP contribution in [0.4, 0.5) is 8.78 Å². The zero-order valence-electron chi connectivity index (χ0n) is 7.59. The van der Waals surface area contributed by atoms with Crippen molar-refractivity contribution in [2.24, 2.45) is 0 Å². The Kier molecular flexibility index (Phi) is 3.64. The van der Waals surface area contributed by atoms with Gasteiger partial charge in [0.2, 0.25) is 0 Å². The van der Waals surface area contributed by atoms with Gasteiger partial charge in [-0.2, -0.15) is 0 Å². The number of ether oxygens (including phenoxy) is 2. The maximum absolute atomic E-state index is 13.0. The van der Waals surface area contributed by atoms with Gasteiger partial charge in [0.1, 0.15) is 0 Å². The second-order valence-corrected chi connectivity index (χ2v) is 2.49. The average molecular weight is 204 g/mol. The average Bonchev–Trinajstić information content (AvgIpc) is 2.14. The van der Waals surface area contributed by atoms with E-state index in [0.717, 1.165) is 6.07 Å². The molecule has 1 N–H and O–H groups in total. The van der Waals surface area contributed by atoms with Gasteiger partial charge in [-0.3, -0.25) is 0 Å². The summed E-state index contributed by atoms with van der Waals surface area (Å²) < 4.78 is 35.2. The predicted octanol–water partition coefficient (Wildman–Crippen LogP) is 2.04. The molecule has 0 atom stereocenters. The maximum atomic E-state index is 13.0.